The van der Waals surface area contributed by atoms with Crippen molar-refractivity contribution in [3.63, 3.8) is 0 Å². The molecule has 4 N–H and O–H groups in total. The SMILES string of the molecule is C=Cc1cc(-c2sccc2N)sc1/C=C/c1ccc2c(/C=C/c3sc(-c4sccc4N)cc3C=C)ncc-2cn1. The molecule has 8 heteroatoms. The van der Waals surface area contributed by atoms with E-state index < -0.39 is 0 Å². The molecule has 2 aliphatic rings. The summed E-state index contributed by atoms with van der Waals surface area (Å²) in [5.74, 6) is 0. The Kier molecular flexibility index (Phi) is 7.32. The van der Waals surface area contributed by atoms with E-state index in [1.165, 1.54) is 0 Å². The van der Waals surface area contributed by atoms with Gasteiger partial charge < -0.3 is 11.5 Å². The summed E-state index contributed by atoms with van der Waals surface area (Å²) >= 11 is 6.71. The fourth-order valence-electron chi connectivity index (χ4n) is 4.29. The summed E-state index contributed by atoms with van der Waals surface area (Å²) in [4.78, 5) is 16.1. The summed E-state index contributed by atoms with van der Waals surface area (Å²) in [5.41, 5.74) is 19.8. The maximum atomic E-state index is 6.15. The standard InChI is InChI=1S/C32H24N4S4/c1-3-19-15-29(31-24(33)11-13-37-31)39-27(19)9-6-22-5-7-23-21(17-35-22)18-36-26(23)8-10-28-20(4-2)16-30(40-28)32-25(34)12-14-38-32/h3-18H,1-2,33-34H2/b9-6+,10-8+. The molecule has 0 unspecified atom stereocenters. The number of fused-ring (bicyclic) bond motifs is 1. The lowest BCUT2D eigenvalue weighted by molar-refractivity contribution is 1.33. The van der Waals surface area contributed by atoms with Crippen LogP contribution in [0.5, 0.6) is 0 Å². The fourth-order valence-corrected chi connectivity index (χ4v) is 8.35. The summed E-state index contributed by atoms with van der Waals surface area (Å²) < 4.78 is 0. The number of nitrogens with zero attached hydrogens (tertiary/aromatic N) is 2. The third-order valence-electron chi connectivity index (χ3n) is 6.36. The lowest BCUT2D eigenvalue weighted by atomic mass is 10.1. The number of aromatic nitrogens is 2. The average Bonchev–Trinajstić information content (AvgIpc) is 3.77. The summed E-state index contributed by atoms with van der Waals surface area (Å²) in [6, 6.07) is 12.3. The molecule has 0 amide bonds. The van der Waals surface area contributed by atoms with Crippen LogP contribution in [-0.2, 0) is 0 Å². The van der Waals surface area contributed by atoms with E-state index in [4.69, 9.17) is 16.5 Å². The molecule has 4 nitrogen and oxygen atoms in total. The molecule has 40 heavy (non-hydrogen) atoms. The first-order chi connectivity index (χ1) is 19.5. The highest BCUT2D eigenvalue weighted by atomic mass is 32.1. The molecule has 0 saturated heterocycles. The van der Waals surface area contributed by atoms with Crippen LogP contribution < -0.4 is 11.5 Å². The second kappa shape index (κ2) is 11.2. The van der Waals surface area contributed by atoms with Crippen LogP contribution in [0.3, 0.4) is 0 Å². The molecule has 6 heterocycles. The van der Waals surface area contributed by atoms with E-state index in [0.29, 0.717) is 0 Å². The van der Waals surface area contributed by atoms with E-state index in [-0.39, 0.29) is 0 Å². The van der Waals surface area contributed by atoms with Gasteiger partial charge in [0.05, 0.1) is 32.5 Å². The second-order valence-electron chi connectivity index (χ2n) is 8.87. The monoisotopic (exact) mass is 592 g/mol. The molecular formula is C32H24N4S4. The van der Waals surface area contributed by atoms with Crippen molar-refractivity contribution in [1.82, 2.24) is 9.97 Å². The zero-order valence-corrected chi connectivity index (χ0v) is 24.6. The highest BCUT2D eigenvalue weighted by Gasteiger charge is 2.13. The van der Waals surface area contributed by atoms with Crippen molar-refractivity contribution in [2.24, 2.45) is 0 Å². The molecule has 0 atom stereocenters. The maximum absolute atomic E-state index is 6.15. The lowest BCUT2D eigenvalue weighted by Crippen LogP contribution is -1.80. The molecule has 2 aliphatic heterocycles. The molecular weight excluding hydrogens is 569 g/mol. The van der Waals surface area contributed by atoms with E-state index in [0.717, 1.165) is 74.3 Å². The highest BCUT2D eigenvalue weighted by Crippen LogP contribution is 2.41. The topological polar surface area (TPSA) is 77.8 Å². The number of rotatable bonds is 8. The van der Waals surface area contributed by atoms with E-state index in [2.05, 4.69) is 54.6 Å². The van der Waals surface area contributed by atoms with Crippen molar-refractivity contribution in [3.05, 3.63) is 105 Å². The van der Waals surface area contributed by atoms with Crippen molar-refractivity contribution in [2.45, 2.75) is 0 Å². The Hall–Kier alpha value is -4.08. The molecule has 4 aromatic heterocycles. The Labute approximate surface area is 249 Å². The van der Waals surface area contributed by atoms with Crippen molar-refractivity contribution in [3.8, 4) is 30.6 Å². The first-order valence-electron chi connectivity index (χ1n) is 12.3. The van der Waals surface area contributed by atoms with Gasteiger partial charge in [0.25, 0.3) is 0 Å². The molecule has 0 saturated carbocycles. The summed E-state index contributed by atoms with van der Waals surface area (Å²) in [7, 11) is 0. The average molecular weight is 593 g/mol. The third kappa shape index (κ3) is 5.10. The van der Waals surface area contributed by atoms with Gasteiger partial charge in [-0.1, -0.05) is 25.3 Å². The van der Waals surface area contributed by atoms with Crippen LogP contribution >= 0.6 is 45.3 Å². The van der Waals surface area contributed by atoms with Crippen LogP contribution in [-0.4, -0.2) is 9.97 Å². The van der Waals surface area contributed by atoms with Crippen molar-refractivity contribution in [2.75, 3.05) is 11.5 Å². The molecule has 0 aliphatic carbocycles. The van der Waals surface area contributed by atoms with Crippen LogP contribution in [0, 0.1) is 0 Å². The van der Waals surface area contributed by atoms with Gasteiger partial charge in [0, 0.05) is 43.0 Å². The van der Waals surface area contributed by atoms with Crippen molar-refractivity contribution in [1.29, 1.82) is 0 Å². The van der Waals surface area contributed by atoms with Crippen LogP contribution in [0.2, 0.25) is 0 Å². The number of hydrogen-bond acceptors (Lipinski definition) is 8. The number of anilines is 2. The Morgan fingerprint density at radius 2 is 1.25 bits per heavy atom. The van der Waals surface area contributed by atoms with Crippen molar-refractivity contribution >= 4 is 93.2 Å². The quantitative estimate of drug-likeness (QED) is 0.184. The lowest BCUT2D eigenvalue weighted by Gasteiger charge is -1.94. The zero-order chi connectivity index (χ0) is 27.6. The first kappa shape index (κ1) is 26.2. The van der Waals surface area contributed by atoms with Gasteiger partial charge in [-0.2, -0.15) is 0 Å². The summed E-state index contributed by atoms with van der Waals surface area (Å²) in [6.07, 6.45) is 15.8. The second-order valence-corrected chi connectivity index (χ2v) is 12.9. The highest BCUT2D eigenvalue weighted by molar-refractivity contribution is 7.23. The van der Waals surface area contributed by atoms with E-state index in [9.17, 15) is 0 Å². The minimum absolute atomic E-state index is 0.804. The molecule has 0 spiro atoms. The number of thiophene rings is 4. The van der Waals surface area contributed by atoms with Crippen molar-refractivity contribution < 1.29 is 0 Å². The Morgan fingerprint density at radius 1 is 0.675 bits per heavy atom. The van der Waals surface area contributed by atoms with Gasteiger partial charge in [-0.3, -0.25) is 9.97 Å². The number of hydrogen-bond donors (Lipinski definition) is 2. The number of nitrogens with two attached hydrogens (primary N) is 2. The van der Waals surface area contributed by atoms with E-state index in [1.807, 2.05) is 59.6 Å². The first-order valence-corrected chi connectivity index (χ1v) is 15.7. The van der Waals surface area contributed by atoms with Crippen LogP contribution in [0.25, 0.3) is 67.1 Å². The van der Waals surface area contributed by atoms with E-state index >= 15 is 0 Å². The minimum Gasteiger partial charge on any atom is -0.398 e. The largest absolute Gasteiger partial charge is 0.398 e. The molecule has 0 radical (unpaired) electrons. The Morgan fingerprint density at radius 3 is 1.80 bits per heavy atom. The van der Waals surface area contributed by atoms with Gasteiger partial charge in [-0.05, 0) is 82.6 Å². The normalized spacial score (nSPS) is 11.7. The van der Waals surface area contributed by atoms with Gasteiger partial charge >= 0.3 is 0 Å². The fraction of sp³-hybridized carbons (Fsp3) is 0. The maximum Gasteiger partial charge on any atom is 0.0709 e. The minimum atomic E-state index is 0.804. The van der Waals surface area contributed by atoms with Gasteiger partial charge in [-0.25, -0.2) is 0 Å². The summed E-state index contributed by atoms with van der Waals surface area (Å²) in [5, 5.41) is 4.03. The molecule has 0 aromatic carbocycles. The van der Waals surface area contributed by atoms with Crippen LogP contribution in [0.15, 0.2) is 72.7 Å². The molecule has 6 rings (SSSR count). The molecule has 0 bridgehead atoms. The molecule has 0 fully saturated rings. The van der Waals surface area contributed by atoms with Gasteiger partial charge in [-0.15, -0.1) is 45.3 Å². The summed E-state index contributed by atoms with van der Waals surface area (Å²) in [6.45, 7) is 7.98. The van der Waals surface area contributed by atoms with Gasteiger partial charge in [0.15, 0.2) is 0 Å². The zero-order valence-electron chi connectivity index (χ0n) is 21.3. The van der Waals surface area contributed by atoms with E-state index in [1.54, 1.807) is 45.3 Å². The predicted molar refractivity (Wildman–Crippen MR) is 181 cm³/mol. The van der Waals surface area contributed by atoms with Gasteiger partial charge in [0.2, 0.25) is 0 Å². The van der Waals surface area contributed by atoms with Crippen LogP contribution in [0.1, 0.15) is 32.3 Å². The number of nitrogen functional groups attached to an aromatic ring is 2. The Balaban J connectivity index is 1.26. The predicted octanol–water partition coefficient (Wildman–Crippen LogP) is 9.95. The van der Waals surface area contributed by atoms with Gasteiger partial charge in [0.1, 0.15) is 0 Å². The molecule has 4 aromatic rings. The Bertz CT molecular complexity index is 1880. The van der Waals surface area contributed by atoms with Crippen LogP contribution in [0.4, 0.5) is 11.4 Å². The molecule has 196 valence electrons. The third-order valence-corrected chi connectivity index (χ3v) is 10.8. The smallest absolute Gasteiger partial charge is 0.0709 e.